The molecule has 8 nitrogen and oxygen atoms in total. The van der Waals surface area contributed by atoms with Crippen molar-refractivity contribution in [2.75, 3.05) is 26.7 Å². The molecule has 0 aromatic carbocycles. The highest BCUT2D eigenvalue weighted by Crippen LogP contribution is 2.21. The number of carbonyl (C=O) groups excluding carboxylic acids is 1. The number of amides is 1. The summed E-state index contributed by atoms with van der Waals surface area (Å²) in [4.78, 5) is 41.6. The van der Waals surface area contributed by atoms with Crippen molar-refractivity contribution in [2.45, 2.75) is 13.0 Å². The molecule has 1 aliphatic heterocycles. The summed E-state index contributed by atoms with van der Waals surface area (Å²) in [6.07, 6.45) is 3.47. The minimum absolute atomic E-state index is 0.00999. The first-order valence-electron chi connectivity index (χ1n) is 7.11. The van der Waals surface area contributed by atoms with Crippen molar-refractivity contribution >= 4 is 5.91 Å². The van der Waals surface area contributed by atoms with Gasteiger partial charge in [-0.1, -0.05) is 0 Å². The lowest BCUT2D eigenvalue weighted by atomic mass is 10.1. The molecule has 1 fully saturated rings. The van der Waals surface area contributed by atoms with E-state index in [9.17, 15) is 9.59 Å². The molecular formula is C14H18N6O2. The van der Waals surface area contributed by atoms with Gasteiger partial charge >= 0.3 is 5.69 Å². The molecule has 1 aliphatic rings. The summed E-state index contributed by atoms with van der Waals surface area (Å²) in [7, 11) is 2.00. The number of nitrogens with one attached hydrogen (secondary N) is 2. The van der Waals surface area contributed by atoms with Gasteiger partial charge in [-0.3, -0.25) is 9.69 Å². The van der Waals surface area contributed by atoms with Crippen molar-refractivity contribution in [2.24, 2.45) is 0 Å². The maximum absolute atomic E-state index is 12.6. The molecule has 0 saturated carbocycles. The predicted octanol–water partition coefficient (Wildman–Crippen LogP) is -0.0697. The van der Waals surface area contributed by atoms with E-state index >= 15 is 0 Å². The second kappa shape index (κ2) is 5.72. The number of hydrogen-bond donors (Lipinski definition) is 2. The summed E-state index contributed by atoms with van der Waals surface area (Å²) >= 11 is 0. The number of rotatable bonds is 2. The maximum atomic E-state index is 12.6. The number of hydrogen-bond acceptors (Lipinski definition) is 5. The van der Waals surface area contributed by atoms with Crippen molar-refractivity contribution in [3.63, 3.8) is 0 Å². The van der Waals surface area contributed by atoms with E-state index in [-0.39, 0.29) is 17.6 Å². The molecule has 1 amide bonds. The molecule has 0 radical (unpaired) electrons. The number of aromatic nitrogens is 4. The van der Waals surface area contributed by atoms with Gasteiger partial charge in [-0.15, -0.1) is 0 Å². The third-order valence-electron chi connectivity index (χ3n) is 3.87. The maximum Gasteiger partial charge on any atom is 0.345 e. The average Bonchev–Trinajstić information content (AvgIpc) is 3.00. The highest BCUT2D eigenvalue weighted by Gasteiger charge is 2.30. The third kappa shape index (κ3) is 2.77. The van der Waals surface area contributed by atoms with Gasteiger partial charge in [-0.25, -0.2) is 9.78 Å². The fourth-order valence-electron chi connectivity index (χ4n) is 2.66. The van der Waals surface area contributed by atoms with Crippen LogP contribution in [-0.4, -0.2) is 62.3 Å². The second-order valence-corrected chi connectivity index (χ2v) is 5.48. The minimum Gasteiger partial charge on any atom is -0.347 e. The molecule has 22 heavy (non-hydrogen) atoms. The van der Waals surface area contributed by atoms with Gasteiger partial charge in [-0.05, 0) is 20.0 Å². The zero-order valence-corrected chi connectivity index (χ0v) is 12.5. The van der Waals surface area contributed by atoms with E-state index in [1.165, 1.54) is 0 Å². The Kier molecular flexibility index (Phi) is 3.76. The van der Waals surface area contributed by atoms with Crippen LogP contribution in [0.5, 0.6) is 0 Å². The SMILES string of the molecule is Cc1cc(C(=O)N2CCN(C)[C@@H](c3ncc[nH]3)C2)nc(=O)[nH]1. The third-order valence-corrected chi connectivity index (χ3v) is 3.87. The summed E-state index contributed by atoms with van der Waals surface area (Å²) in [5, 5.41) is 0. The van der Waals surface area contributed by atoms with Crippen LogP contribution in [0.4, 0.5) is 0 Å². The van der Waals surface area contributed by atoms with Gasteiger partial charge in [0.2, 0.25) is 0 Å². The molecule has 2 N–H and O–H groups in total. The lowest BCUT2D eigenvalue weighted by molar-refractivity contribution is 0.0528. The van der Waals surface area contributed by atoms with E-state index in [4.69, 9.17) is 0 Å². The van der Waals surface area contributed by atoms with Crippen LogP contribution in [0.3, 0.4) is 0 Å². The van der Waals surface area contributed by atoms with Crippen molar-refractivity contribution in [3.8, 4) is 0 Å². The summed E-state index contributed by atoms with van der Waals surface area (Å²) in [5.74, 6) is 0.605. The fraction of sp³-hybridized carbons (Fsp3) is 0.429. The van der Waals surface area contributed by atoms with E-state index in [0.717, 1.165) is 12.4 Å². The Morgan fingerprint density at radius 1 is 1.41 bits per heavy atom. The van der Waals surface area contributed by atoms with Gasteiger partial charge in [0.05, 0.1) is 6.04 Å². The Hall–Kier alpha value is -2.48. The van der Waals surface area contributed by atoms with Crippen molar-refractivity contribution in [1.29, 1.82) is 0 Å². The summed E-state index contributed by atoms with van der Waals surface area (Å²) in [6.45, 7) is 3.57. The topological polar surface area (TPSA) is 98.0 Å². The minimum atomic E-state index is -0.500. The summed E-state index contributed by atoms with van der Waals surface area (Å²) in [6, 6.07) is 1.61. The summed E-state index contributed by atoms with van der Waals surface area (Å²) < 4.78 is 0. The second-order valence-electron chi connectivity index (χ2n) is 5.48. The van der Waals surface area contributed by atoms with E-state index in [1.807, 2.05) is 7.05 Å². The van der Waals surface area contributed by atoms with Crippen molar-refractivity contribution in [1.82, 2.24) is 29.7 Å². The molecular weight excluding hydrogens is 284 g/mol. The van der Waals surface area contributed by atoms with E-state index in [0.29, 0.717) is 18.8 Å². The predicted molar refractivity (Wildman–Crippen MR) is 79.5 cm³/mol. The van der Waals surface area contributed by atoms with Gasteiger partial charge in [0.25, 0.3) is 5.91 Å². The van der Waals surface area contributed by atoms with Crippen LogP contribution in [0.1, 0.15) is 28.0 Å². The molecule has 0 spiro atoms. The molecule has 2 aromatic rings. The van der Waals surface area contributed by atoms with Crippen LogP contribution in [0.25, 0.3) is 0 Å². The first-order chi connectivity index (χ1) is 10.5. The van der Waals surface area contributed by atoms with E-state index < -0.39 is 5.69 Å². The molecule has 0 bridgehead atoms. The zero-order chi connectivity index (χ0) is 15.7. The number of aromatic amines is 2. The van der Waals surface area contributed by atoms with Crippen molar-refractivity contribution in [3.05, 3.63) is 46.2 Å². The Labute approximate surface area is 127 Å². The fourth-order valence-corrected chi connectivity index (χ4v) is 2.66. The Morgan fingerprint density at radius 2 is 2.23 bits per heavy atom. The normalized spacial score (nSPS) is 19.4. The quantitative estimate of drug-likeness (QED) is 0.809. The Morgan fingerprint density at radius 3 is 2.91 bits per heavy atom. The standard InChI is InChI=1S/C14H18N6O2/c1-9-7-10(18-14(22)17-9)13(21)20-6-5-19(2)11(8-20)12-15-3-4-16-12/h3-4,7,11H,5-6,8H2,1-2H3,(H,15,16)(H,17,18,22)/t11-/m1/s1. The highest BCUT2D eigenvalue weighted by atomic mass is 16.2. The number of piperazine rings is 1. The van der Waals surface area contributed by atoms with Crippen LogP contribution in [0.2, 0.25) is 0 Å². The van der Waals surface area contributed by atoms with Gasteiger partial charge < -0.3 is 14.9 Å². The number of aryl methyl sites for hydroxylation is 1. The average molecular weight is 302 g/mol. The van der Waals surface area contributed by atoms with Gasteiger partial charge in [0.1, 0.15) is 11.5 Å². The molecule has 0 aliphatic carbocycles. The number of likely N-dealkylation sites (N-methyl/N-ethyl adjacent to an activating group) is 1. The first kappa shape index (κ1) is 14.5. The monoisotopic (exact) mass is 302 g/mol. The van der Waals surface area contributed by atoms with Crippen LogP contribution < -0.4 is 5.69 Å². The molecule has 3 rings (SSSR count). The summed E-state index contributed by atoms with van der Waals surface area (Å²) in [5.41, 5.74) is 0.309. The lowest BCUT2D eigenvalue weighted by Gasteiger charge is -2.38. The molecule has 116 valence electrons. The van der Waals surface area contributed by atoms with Gasteiger partial charge in [-0.2, -0.15) is 4.98 Å². The van der Waals surface area contributed by atoms with Crippen LogP contribution >= 0.6 is 0 Å². The number of carbonyl (C=O) groups is 1. The Bertz CT molecular complexity index is 723. The van der Waals surface area contributed by atoms with Crippen molar-refractivity contribution < 1.29 is 4.79 Å². The molecule has 0 unspecified atom stereocenters. The van der Waals surface area contributed by atoms with E-state index in [1.54, 1.807) is 30.3 Å². The number of H-pyrrole nitrogens is 2. The highest BCUT2D eigenvalue weighted by molar-refractivity contribution is 5.92. The molecule has 3 heterocycles. The van der Waals surface area contributed by atoms with Gasteiger partial charge in [0.15, 0.2) is 0 Å². The lowest BCUT2D eigenvalue weighted by Crippen LogP contribution is -2.49. The zero-order valence-electron chi connectivity index (χ0n) is 12.5. The van der Waals surface area contributed by atoms with E-state index in [2.05, 4.69) is 24.8 Å². The van der Waals surface area contributed by atoms with Crippen LogP contribution in [-0.2, 0) is 0 Å². The number of imidazole rings is 1. The van der Waals surface area contributed by atoms with Crippen LogP contribution in [0, 0.1) is 6.92 Å². The molecule has 1 atom stereocenters. The largest absolute Gasteiger partial charge is 0.347 e. The Balaban J connectivity index is 1.82. The molecule has 8 heteroatoms. The van der Waals surface area contributed by atoms with Gasteiger partial charge in [0, 0.05) is 37.7 Å². The smallest absolute Gasteiger partial charge is 0.345 e. The van der Waals surface area contributed by atoms with Crippen LogP contribution in [0.15, 0.2) is 23.3 Å². The number of nitrogens with zero attached hydrogens (tertiary/aromatic N) is 4. The molecule has 2 aromatic heterocycles. The first-order valence-corrected chi connectivity index (χ1v) is 7.11. The molecule has 1 saturated heterocycles.